The second-order valence-corrected chi connectivity index (χ2v) is 9.07. The summed E-state index contributed by atoms with van der Waals surface area (Å²) in [5, 5.41) is 13.9. The number of hydrogen-bond donors (Lipinski definition) is 3. The number of rotatable bonds is 8. The molecule has 176 valence electrons. The zero-order chi connectivity index (χ0) is 23.6. The lowest BCUT2D eigenvalue weighted by Crippen LogP contribution is -2.55. The maximum absolute atomic E-state index is 13.1. The van der Waals surface area contributed by atoms with Crippen LogP contribution in [-0.2, 0) is 9.59 Å². The molecule has 2 heterocycles. The molecule has 0 saturated carbocycles. The third-order valence-corrected chi connectivity index (χ3v) is 6.07. The third kappa shape index (κ3) is 4.88. The zero-order valence-corrected chi connectivity index (χ0v) is 19.4. The number of hydrogen-bond acceptors (Lipinski definition) is 7. The van der Waals surface area contributed by atoms with Crippen molar-refractivity contribution in [3.63, 3.8) is 0 Å². The molecule has 1 aromatic carbocycles. The van der Waals surface area contributed by atoms with E-state index >= 15 is 0 Å². The van der Waals surface area contributed by atoms with Gasteiger partial charge in [-0.15, -0.1) is 0 Å². The van der Waals surface area contributed by atoms with Gasteiger partial charge in [0.1, 0.15) is 17.3 Å². The number of aliphatic hydroxyl groups is 1. The number of carbonyl (C=O) groups is 2. The second kappa shape index (κ2) is 9.87. The fourth-order valence-electron chi connectivity index (χ4n) is 3.98. The predicted octanol–water partition coefficient (Wildman–Crippen LogP) is 1.98. The number of aliphatic hydroxyl groups excluding tert-OH is 1. The smallest absolute Gasteiger partial charge is 0.243 e. The number of carbonyl (C=O) groups excluding carboxylic acids is 2. The van der Waals surface area contributed by atoms with Gasteiger partial charge in [-0.2, -0.15) is 0 Å². The van der Waals surface area contributed by atoms with E-state index < -0.39 is 24.2 Å². The molecule has 9 nitrogen and oxygen atoms in total. The van der Waals surface area contributed by atoms with E-state index in [0.29, 0.717) is 29.8 Å². The first-order valence-electron chi connectivity index (χ1n) is 11.1. The molecule has 9 heteroatoms. The van der Waals surface area contributed by atoms with Gasteiger partial charge in [0.05, 0.1) is 19.2 Å². The number of aromatic nitrogens is 1. The summed E-state index contributed by atoms with van der Waals surface area (Å²) >= 11 is 0. The summed E-state index contributed by atoms with van der Waals surface area (Å²) in [6.07, 6.45) is 0.142. The molecule has 2 amide bonds. The highest BCUT2D eigenvalue weighted by Gasteiger charge is 2.39. The second-order valence-electron chi connectivity index (χ2n) is 9.07. The Morgan fingerprint density at radius 1 is 1.28 bits per heavy atom. The Morgan fingerprint density at radius 2 is 2.00 bits per heavy atom. The van der Waals surface area contributed by atoms with Crippen LogP contribution in [-0.4, -0.2) is 58.6 Å². The maximum atomic E-state index is 13.1. The van der Waals surface area contributed by atoms with Gasteiger partial charge >= 0.3 is 0 Å². The van der Waals surface area contributed by atoms with Crippen LogP contribution in [0.2, 0.25) is 0 Å². The molecule has 1 aliphatic heterocycles. The average Bonchev–Trinajstić information content (AvgIpc) is 3.42. The van der Waals surface area contributed by atoms with Crippen molar-refractivity contribution in [2.24, 2.45) is 17.6 Å². The van der Waals surface area contributed by atoms with E-state index in [0.717, 1.165) is 6.42 Å². The molecule has 0 aliphatic carbocycles. The lowest BCUT2D eigenvalue weighted by atomic mass is 9.97. The summed E-state index contributed by atoms with van der Waals surface area (Å²) < 4.78 is 10.9. The molecule has 1 aromatic heterocycles. The fourth-order valence-corrected chi connectivity index (χ4v) is 3.98. The van der Waals surface area contributed by atoms with Gasteiger partial charge in [-0.25, -0.2) is 4.98 Å². The Hall–Kier alpha value is -2.65. The number of likely N-dealkylation sites (tertiary alicyclic amines) is 1. The van der Waals surface area contributed by atoms with Crippen molar-refractivity contribution in [3.8, 4) is 5.75 Å². The molecule has 4 atom stereocenters. The highest BCUT2D eigenvalue weighted by molar-refractivity contribution is 5.90. The van der Waals surface area contributed by atoms with Crippen LogP contribution in [0.4, 0.5) is 0 Å². The number of nitrogens with one attached hydrogen (secondary N) is 1. The number of oxazole rings is 1. The average molecular weight is 447 g/mol. The molecule has 3 rings (SSSR count). The van der Waals surface area contributed by atoms with Crippen LogP contribution >= 0.6 is 0 Å². The molecule has 4 N–H and O–H groups in total. The van der Waals surface area contributed by atoms with Crippen molar-refractivity contribution in [2.75, 3.05) is 13.7 Å². The Labute approximate surface area is 188 Å². The van der Waals surface area contributed by atoms with Gasteiger partial charge in [0.2, 0.25) is 17.7 Å². The van der Waals surface area contributed by atoms with Gasteiger partial charge in [0.15, 0.2) is 11.7 Å². The van der Waals surface area contributed by atoms with Crippen LogP contribution < -0.4 is 15.8 Å². The van der Waals surface area contributed by atoms with Crippen LogP contribution in [0.15, 0.2) is 22.6 Å². The summed E-state index contributed by atoms with van der Waals surface area (Å²) in [7, 11) is 1.56. The van der Waals surface area contributed by atoms with E-state index in [2.05, 4.69) is 10.3 Å². The van der Waals surface area contributed by atoms with E-state index in [1.165, 1.54) is 0 Å². The quantitative estimate of drug-likeness (QED) is 0.565. The zero-order valence-electron chi connectivity index (χ0n) is 19.4. The lowest BCUT2D eigenvalue weighted by Gasteiger charge is -2.31. The minimum absolute atomic E-state index is 0.0187. The molecule has 0 spiro atoms. The van der Waals surface area contributed by atoms with E-state index in [9.17, 15) is 14.7 Å². The van der Waals surface area contributed by atoms with Gasteiger partial charge in [-0.05, 0) is 36.8 Å². The van der Waals surface area contributed by atoms with Crippen LogP contribution in [0, 0.1) is 11.8 Å². The van der Waals surface area contributed by atoms with E-state index in [-0.39, 0.29) is 29.5 Å². The van der Waals surface area contributed by atoms with E-state index in [4.69, 9.17) is 14.9 Å². The minimum atomic E-state index is -1.15. The van der Waals surface area contributed by atoms with Crippen LogP contribution in [0.25, 0.3) is 11.1 Å². The molecular weight excluding hydrogens is 412 g/mol. The standard InChI is InChI=1S/C23H34N4O5/c1-12(2)18(24)23(30)27-10-6-7-16(27)21(29)26-19(13(3)4)20(28)22-25-15-11-14(31-5)8-9-17(15)32-22/h8-9,11-13,16,18-20,28H,6-7,10,24H2,1-5H3,(H,26,29)/t16-,18-,19-,20?/m0/s1. The SMILES string of the molecule is COc1ccc2oc(C(O)[C@@H](NC(=O)[C@@H]3CCCN3C(=O)[C@@H](N)C(C)C)C(C)C)nc2c1. The van der Waals surface area contributed by atoms with Crippen molar-refractivity contribution < 1.29 is 23.8 Å². The molecule has 32 heavy (non-hydrogen) atoms. The Kier molecular flexibility index (Phi) is 7.40. The predicted molar refractivity (Wildman–Crippen MR) is 120 cm³/mol. The van der Waals surface area contributed by atoms with Gasteiger partial charge in [-0.3, -0.25) is 9.59 Å². The lowest BCUT2D eigenvalue weighted by molar-refractivity contribution is -0.140. The number of ether oxygens (including phenoxy) is 1. The van der Waals surface area contributed by atoms with Gasteiger partial charge < -0.3 is 30.2 Å². The monoisotopic (exact) mass is 446 g/mol. The molecule has 1 fully saturated rings. The van der Waals surface area contributed by atoms with E-state index in [1.807, 2.05) is 27.7 Å². The Balaban J connectivity index is 1.77. The molecule has 1 saturated heterocycles. The van der Waals surface area contributed by atoms with Crippen molar-refractivity contribution in [2.45, 2.75) is 64.8 Å². The number of amides is 2. The fraction of sp³-hybridized carbons (Fsp3) is 0.609. The highest BCUT2D eigenvalue weighted by Crippen LogP contribution is 2.28. The molecule has 0 bridgehead atoms. The summed E-state index contributed by atoms with van der Waals surface area (Å²) in [6.45, 7) is 8.06. The van der Waals surface area contributed by atoms with Gasteiger partial charge in [-0.1, -0.05) is 27.7 Å². The third-order valence-electron chi connectivity index (χ3n) is 6.07. The Bertz CT molecular complexity index is 957. The number of fused-ring (bicyclic) bond motifs is 1. The van der Waals surface area contributed by atoms with Crippen LogP contribution in [0.1, 0.15) is 52.5 Å². The molecule has 1 aliphatic rings. The molecule has 2 aromatic rings. The number of nitrogens with two attached hydrogens (primary N) is 1. The topological polar surface area (TPSA) is 131 Å². The summed E-state index contributed by atoms with van der Waals surface area (Å²) in [4.78, 5) is 31.9. The first-order valence-corrected chi connectivity index (χ1v) is 11.1. The van der Waals surface area contributed by atoms with Crippen molar-refractivity contribution in [1.82, 2.24) is 15.2 Å². The van der Waals surface area contributed by atoms with Crippen molar-refractivity contribution in [3.05, 3.63) is 24.1 Å². The molecule has 0 radical (unpaired) electrons. The maximum Gasteiger partial charge on any atom is 0.243 e. The Morgan fingerprint density at radius 3 is 2.62 bits per heavy atom. The summed E-state index contributed by atoms with van der Waals surface area (Å²) in [5.41, 5.74) is 7.12. The summed E-state index contributed by atoms with van der Waals surface area (Å²) in [5.74, 6) is 0.103. The molecular formula is C23H34N4O5. The van der Waals surface area contributed by atoms with Crippen molar-refractivity contribution >= 4 is 22.9 Å². The highest BCUT2D eigenvalue weighted by atomic mass is 16.5. The van der Waals surface area contributed by atoms with Crippen molar-refractivity contribution in [1.29, 1.82) is 0 Å². The number of methoxy groups -OCH3 is 1. The first kappa shape index (κ1) is 24.0. The minimum Gasteiger partial charge on any atom is -0.497 e. The first-order chi connectivity index (χ1) is 15.1. The van der Waals surface area contributed by atoms with E-state index in [1.54, 1.807) is 30.2 Å². The number of benzene rings is 1. The normalized spacial score (nSPS) is 19.4. The van der Waals surface area contributed by atoms with Crippen LogP contribution in [0.5, 0.6) is 5.75 Å². The van der Waals surface area contributed by atoms with Crippen LogP contribution in [0.3, 0.4) is 0 Å². The van der Waals surface area contributed by atoms with Gasteiger partial charge in [0, 0.05) is 12.6 Å². The van der Waals surface area contributed by atoms with Gasteiger partial charge in [0.25, 0.3) is 0 Å². The largest absolute Gasteiger partial charge is 0.497 e. The number of nitrogens with zero attached hydrogens (tertiary/aromatic N) is 2. The molecule has 1 unspecified atom stereocenters. The summed E-state index contributed by atoms with van der Waals surface area (Å²) in [6, 6.07) is 3.30.